The van der Waals surface area contributed by atoms with E-state index < -0.39 is 0 Å². The quantitative estimate of drug-likeness (QED) is 0.668. The van der Waals surface area contributed by atoms with Crippen LogP contribution < -0.4 is 5.32 Å². The van der Waals surface area contributed by atoms with E-state index >= 15 is 0 Å². The summed E-state index contributed by atoms with van der Waals surface area (Å²) in [7, 11) is 0. The van der Waals surface area contributed by atoms with Crippen LogP contribution in [-0.2, 0) is 0 Å². The predicted molar refractivity (Wildman–Crippen MR) is 85.7 cm³/mol. The molecular weight excluding hydrogens is 321 g/mol. The molecule has 0 fully saturated rings. The lowest BCUT2D eigenvalue weighted by atomic mass is 9.99. The van der Waals surface area contributed by atoms with Gasteiger partial charge in [0.25, 0.3) is 0 Å². The first-order chi connectivity index (χ1) is 8.19. The lowest BCUT2D eigenvalue weighted by molar-refractivity contribution is 0.472. The Kier molecular flexibility index (Phi) is 6.93. The number of benzene rings is 1. The third-order valence-corrected chi connectivity index (χ3v) is 4.56. The highest BCUT2D eigenvalue weighted by atomic mass is 127. The average molecular weight is 345 g/mol. The normalized spacial score (nSPS) is 12.5. The molecule has 0 saturated heterocycles. The Hall–Kier alpha value is -0.250. The van der Waals surface area contributed by atoms with Crippen molar-refractivity contribution in [3.63, 3.8) is 0 Å². The second-order valence-corrected chi connectivity index (χ2v) is 5.87. The Labute approximate surface area is 120 Å². The van der Waals surface area contributed by atoms with Gasteiger partial charge in [-0.05, 0) is 59.5 Å². The Morgan fingerprint density at radius 2 is 2.06 bits per heavy atom. The predicted octanol–water partition coefficient (Wildman–Crippen LogP) is 5.23. The maximum Gasteiger partial charge on any atom is 0.0380 e. The highest BCUT2D eigenvalue weighted by Gasteiger charge is 2.07. The largest absolute Gasteiger partial charge is 0.385 e. The summed E-state index contributed by atoms with van der Waals surface area (Å²) >= 11 is 2.40. The first kappa shape index (κ1) is 14.8. The molecule has 0 amide bonds. The van der Waals surface area contributed by atoms with Crippen molar-refractivity contribution in [2.75, 3.05) is 11.9 Å². The fourth-order valence-corrected chi connectivity index (χ4v) is 2.49. The van der Waals surface area contributed by atoms with E-state index in [1.807, 2.05) is 0 Å². The molecule has 0 aromatic heterocycles. The molecule has 0 saturated carbocycles. The van der Waals surface area contributed by atoms with Gasteiger partial charge in [0.05, 0.1) is 0 Å². The Morgan fingerprint density at radius 3 is 2.71 bits per heavy atom. The molecule has 1 unspecified atom stereocenters. The summed E-state index contributed by atoms with van der Waals surface area (Å²) in [5.74, 6) is 0.812. The fourth-order valence-electron chi connectivity index (χ4n) is 2.00. The van der Waals surface area contributed by atoms with Crippen LogP contribution in [-0.4, -0.2) is 6.54 Å². The Balaban J connectivity index is 2.50. The molecule has 2 heteroatoms. The lowest BCUT2D eigenvalue weighted by Gasteiger charge is -2.17. The molecular formula is C15H24IN. The Bertz CT molecular complexity index is 336. The number of nitrogens with one attached hydrogen (secondary N) is 1. The topological polar surface area (TPSA) is 12.0 Å². The Morgan fingerprint density at radius 1 is 1.29 bits per heavy atom. The minimum absolute atomic E-state index is 0.812. The molecule has 1 rings (SSSR count). The minimum atomic E-state index is 0.812. The molecule has 0 aliphatic heterocycles. The molecule has 1 N–H and O–H groups in total. The van der Waals surface area contributed by atoms with Gasteiger partial charge in [0, 0.05) is 15.8 Å². The van der Waals surface area contributed by atoms with Crippen LogP contribution >= 0.6 is 22.6 Å². The van der Waals surface area contributed by atoms with E-state index in [9.17, 15) is 0 Å². The van der Waals surface area contributed by atoms with Crippen molar-refractivity contribution in [1.82, 2.24) is 0 Å². The van der Waals surface area contributed by atoms with Crippen molar-refractivity contribution in [3.05, 3.63) is 27.3 Å². The zero-order valence-corrected chi connectivity index (χ0v) is 13.4. The first-order valence-electron chi connectivity index (χ1n) is 6.68. The SMILES string of the molecule is CCCCC(CC)CNc1cccc(I)c1C. The van der Waals surface area contributed by atoms with Gasteiger partial charge in [0.2, 0.25) is 0 Å². The zero-order valence-electron chi connectivity index (χ0n) is 11.2. The van der Waals surface area contributed by atoms with Gasteiger partial charge in [-0.25, -0.2) is 0 Å². The molecule has 0 heterocycles. The number of hydrogen-bond acceptors (Lipinski definition) is 1. The number of anilines is 1. The third-order valence-electron chi connectivity index (χ3n) is 3.39. The van der Waals surface area contributed by atoms with Crippen LogP contribution in [0.15, 0.2) is 18.2 Å². The van der Waals surface area contributed by atoms with E-state index in [-0.39, 0.29) is 0 Å². The van der Waals surface area contributed by atoms with Crippen LogP contribution in [0.5, 0.6) is 0 Å². The number of halogens is 1. The highest BCUT2D eigenvalue weighted by molar-refractivity contribution is 14.1. The van der Waals surface area contributed by atoms with Gasteiger partial charge in [-0.15, -0.1) is 0 Å². The van der Waals surface area contributed by atoms with Gasteiger partial charge in [-0.3, -0.25) is 0 Å². The molecule has 1 aromatic rings. The van der Waals surface area contributed by atoms with E-state index in [4.69, 9.17) is 0 Å². The van der Waals surface area contributed by atoms with Crippen LogP contribution in [0.25, 0.3) is 0 Å². The number of hydrogen-bond donors (Lipinski definition) is 1. The van der Waals surface area contributed by atoms with E-state index in [2.05, 4.69) is 66.9 Å². The second-order valence-electron chi connectivity index (χ2n) is 4.71. The summed E-state index contributed by atoms with van der Waals surface area (Å²) < 4.78 is 1.34. The van der Waals surface area contributed by atoms with Crippen LogP contribution in [0.4, 0.5) is 5.69 Å². The molecule has 1 atom stereocenters. The molecule has 0 spiro atoms. The van der Waals surface area contributed by atoms with Gasteiger partial charge < -0.3 is 5.32 Å². The van der Waals surface area contributed by atoms with Gasteiger partial charge >= 0.3 is 0 Å². The van der Waals surface area contributed by atoms with Crippen LogP contribution in [0.2, 0.25) is 0 Å². The van der Waals surface area contributed by atoms with Crippen LogP contribution in [0.3, 0.4) is 0 Å². The van der Waals surface area contributed by atoms with Crippen molar-refractivity contribution < 1.29 is 0 Å². The summed E-state index contributed by atoms with van der Waals surface area (Å²) in [5.41, 5.74) is 2.67. The van der Waals surface area contributed by atoms with E-state index in [1.165, 1.54) is 40.5 Å². The highest BCUT2D eigenvalue weighted by Crippen LogP contribution is 2.21. The smallest absolute Gasteiger partial charge is 0.0380 e. The van der Waals surface area contributed by atoms with E-state index in [1.54, 1.807) is 0 Å². The molecule has 0 radical (unpaired) electrons. The number of rotatable bonds is 7. The lowest BCUT2D eigenvalue weighted by Crippen LogP contribution is -2.14. The van der Waals surface area contributed by atoms with Gasteiger partial charge in [0.15, 0.2) is 0 Å². The van der Waals surface area contributed by atoms with Gasteiger partial charge in [-0.2, -0.15) is 0 Å². The summed E-state index contributed by atoms with van der Waals surface area (Å²) in [5, 5.41) is 3.61. The molecule has 0 aliphatic rings. The molecule has 96 valence electrons. The molecule has 1 nitrogen and oxygen atoms in total. The zero-order chi connectivity index (χ0) is 12.7. The molecule has 0 bridgehead atoms. The van der Waals surface area contributed by atoms with Crippen molar-refractivity contribution in [1.29, 1.82) is 0 Å². The monoisotopic (exact) mass is 345 g/mol. The molecule has 1 aromatic carbocycles. The van der Waals surface area contributed by atoms with Crippen molar-refractivity contribution >= 4 is 28.3 Å². The van der Waals surface area contributed by atoms with Crippen LogP contribution in [0.1, 0.15) is 45.1 Å². The molecule has 17 heavy (non-hydrogen) atoms. The third kappa shape index (κ3) is 4.86. The number of unbranched alkanes of at least 4 members (excludes halogenated alkanes) is 1. The first-order valence-corrected chi connectivity index (χ1v) is 7.75. The summed E-state index contributed by atoms with van der Waals surface area (Å²) in [6.45, 7) is 7.86. The van der Waals surface area contributed by atoms with Gasteiger partial charge in [0.1, 0.15) is 0 Å². The van der Waals surface area contributed by atoms with E-state index in [0.29, 0.717) is 0 Å². The van der Waals surface area contributed by atoms with Gasteiger partial charge in [-0.1, -0.05) is 39.2 Å². The average Bonchev–Trinajstić information content (AvgIpc) is 2.34. The summed E-state index contributed by atoms with van der Waals surface area (Å²) in [4.78, 5) is 0. The van der Waals surface area contributed by atoms with Crippen molar-refractivity contribution in [2.45, 2.75) is 46.5 Å². The second kappa shape index (κ2) is 7.96. The standard InChI is InChI=1S/C15H24IN/c1-4-6-8-13(5-2)11-17-15-10-7-9-14(16)12(15)3/h7,9-10,13,17H,4-6,8,11H2,1-3H3. The summed E-state index contributed by atoms with van der Waals surface area (Å²) in [6, 6.07) is 6.48. The van der Waals surface area contributed by atoms with Crippen LogP contribution in [0, 0.1) is 16.4 Å². The maximum absolute atomic E-state index is 3.61. The summed E-state index contributed by atoms with van der Waals surface area (Å²) in [6.07, 6.45) is 5.28. The fraction of sp³-hybridized carbons (Fsp3) is 0.600. The minimum Gasteiger partial charge on any atom is -0.385 e. The van der Waals surface area contributed by atoms with Crippen molar-refractivity contribution in [3.8, 4) is 0 Å². The maximum atomic E-state index is 3.61. The van der Waals surface area contributed by atoms with Crippen molar-refractivity contribution in [2.24, 2.45) is 5.92 Å². The van der Waals surface area contributed by atoms with E-state index in [0.717, 1.165) is 12.5 Å². The molecule has 0 aliphatic carbocycles.